The van der Waals surface area contributed by atoms with Gasteiger partial charge in [-0.3, -0.25) is 0 Å². The summed E-state index contributed by atoms with van der Waals surface area (Å²) in [6, 6.07) is 13.9. The Morgan fingerprint density at radius 2 is 1.54 bits per heavy atom. The van der Waals surface area contributed by atoms with Gasteiger partial charge < -0.3 is 19.6 Å². The number of benzene rings is 2. The van der Waals surface area contributed by atoms with Crippen molar-refractivity contribution >= 4 is 12.6 Å². The lowest BCUT2D eigenvalue weighted by molar-refractivity contribution is 0.00578. The van der Waals surface area contributed by atoms with E-state index in [0.29, 0.717) is 23.8 Å². The van der Waals surface area contributed by atoms with Gasteiger partial charge in [0, 0.05) is 11.8 Å². The molecule has 2 unspecified atom stereocenters. The van der Waals surface area contributed by atoms with E-state index < -0.39 is 0 Å². The van der Waals surface area contributed by atoms with Gasteiger partial charge in [0.2, 0.25) is 0 Å². The van der Waals surface area contributed by atoms with Crippen molar-refractivity contribution in [1.82, 2.24) is 15.3 Å². The monoisotopic (exact) mass is 495 g/mol. The number of aromatic amines is 1. The summed E-state index contributed by atoms with van der Waals surface area (Å²) >= 11 is 0. The second-order valence-electron chi connectivity index (χ2n) is 12.9. The van der Waals surface area contributed by atoms with Crippen LogP contribution in [0.2, 0.25) is 0 Å². The molecule has 6 heteroatoms. The first-order valence-electron chi connectivity index (χ1n) is 14.1. The lowest BCUT2D eigenvalue weighted by Gasteiger charge is -2.32. The number of nitrogens with zero attached hydrogens (tertiary/aromatic N) is 1. The quantitative estimate of drug-likeness (QED) is 0.431. The number of nitrogens with one attached hydrogen (secondary N) is 2. The average Bonchev–Trinajstić information content (AvgIpc) is 3.68. The van der Waals surface area contributed by atoms with Crippen molar-refractivity contribution in [1.29, 1.82) is 0 Å². The lowest BCUT2D eigenvalue weighted by atomic mass is 9.70. The molecule has 2 saturated heterocycles. The largest absolute Gasteiger partial charge is 0.495 e. The molecule has 2 bridgehead atoms. The van der Waals surface area contributed by atoms with Crippen molar-refractivity contribution in [2.45, 2.75) is 89.4 Å². The van der Waals surface area contributed by atoms with Crippen LogP contribution in [-0.4, -0.2) is 34.8 Å². The second-order valence-corrected chi connectivity index (χ2v) is 12.9. The van der Waals surface area contributed by atoms with Crippen LogP contribution >= 0.6 is 0 Å². The Bertz CT molecular complexity index is 1330. The molecule has 1 aromatic heterocycles. The average molecular weight is 495 g/mol. The van der Waals surface area contributed by atoms with E-state index in [0.717, 1.165) is 30.0 Å². The number of aromatic nitrogens is 2. The van der Waals surface area contributed by atoms with Gasteiger partial charge in [-0.1, -0.05) is 43.3 Å². The van der Waals surface area contributed by atoms with E-state index in [1.807, 2.05) is 6.20 Å². The van der Waals surface area contributed by atoms with Crippen LogP contribution in [0.4, 0.5) is 0 Å². The summed E-state index contributed by atoms with van der Waals surface area (Å²) in [6.07, 6.45) is 7.02. The van der Waals surface area contributed by atoms with Gasteiger partial charge >= 0.3 is 7.12 Å². The maximum absolute atomic E-state index is 6.50. The van der Waals surface area contributed by atoms with Crippen LogP contribution < -0.4 is 10.8 Å². The smallest absolute Gasteiger partial charge is 0.399 e. The van der Waals surface area contributed by atoms with Crippen LogP contribution in [0.15, 0.2) is 42.6 Å². The van der Waals surface area contributed by atoms with Crippen molar-refractivity contribution in [3.05, 3.63) is 59.5 Å². The van der Waals surface area contributed by atoms with Crippen LogP contribution in [0.25, 0.3) is 22.4 Å². The summed E-state index contributed by atoms with van der Waals surface area (Å²) in [5, 5.41) is 3.58. The third kappa shape index (κ3) is 3.75. The fraction of sp³-hybridized carbons (Fsp3) is 0.516. The molecule has 37 heavy (non-hydrogen) atoms. The Kier molecular flexibility index (Phi) is 5.31. The first-order chi connectivity index (χ1) is 17.7. The molecule has 2 aliphatic carbocycles. The second kappa shape index (κ2) is 8.30. The van der Waals surface area contributed by atoms with Crippen LogP contribution in [0.5, 0.6) is 0 Å². The molecule has 4 atom stereocenters. The van der Waals surface area contributed by atoms with Gasteiger partial charge in [0.15, 0.2) is 0 Å². The molecule has 0 spiro atoms. The van der Waals surface area contributed by atoms with Crippen LogP contribution in [0, 0.1) is 5.92 Å². The van der Waals surface area contributed by atoms with E-state index >= 15 is 0 Å². The Labute approximate surface area is 220 Å². The van der Waals surface area contributed by atoms with Gasteiger partial charge in [0.1, 0.15) is 5.82 Å². The van der Waals surface area contributed by atoms with Crippen molar-refractivity contribution in [3.8, 4) is 22.4 Å². The highest BCUT2D eigenvalue weighted by molar-refractivity contribution is 6.62. The summed E-state index contributed by atoms with van der Waals surface area (Å²) in [5.41, 5.74) is 8.49. The van der Waals surface area contributed by atoms with E-state index in [-0.39, 0.29) is 18.3 Å². The molecule has 1 saturated carbocycles. The Morgan fingerprint density at radius 3 is 2.22 bits per heavy atom. The summed E-state index contributed by atoms with van der Waals surface area (Å²) in [6.45, 7) is 11.9. The molecule has 2 aromatic carbocycles. The Hall–Kier alpha value is -2.41. The van der Waals surface area contributed by atoms with Crippen LogP contribution in [0.1, 0.15) is 95.1 Å². The summed E-state index contributed by atoms with van der Waals surface area (Å²) < 4.78 is 13.0. The molecule has 7 rings (SSSR count). The summed E-state index contributed by atoms with van der Waals surface area (Å²) in [4.78, 5) is 8.33. The molecule has 3 fully saturated rings. The number of hydrogen-bond donors (Lipinski definition) is 2. The van der Waals surface area contributed by atoms with Crippen molar-refractivity contribution in [3.63, 3.8) is 0 Å². The summed E-state index contributed by atoms with van der Waals surface area (Å²) in [7, 11) is -0.291. The molecule has 192 valence electrons. The molecule has 3 heterocycles. The van der Waals surface area contributed by atoms with Crippen molar-refractivity contribution in [2.75, 3.05) is 6.54 Å². The first-order valence-corrected chi connectivity index (χ1v) is 14.1. The topological polar surface area (TPSA) is 59.2 Å². The molecule has 0 amide bonds. The number of rotatable bonds is 4. The SMILES string of the molecule is C[C@@H]1CN[C@H](c2nc(-c3ccc(-c4ccc(B5OC(C)(C)C(C)(C)O5)c5c4C4CCC5C4)cc3)c[nH]2)C1. The molecule has 5 nitrogen and oxygen atoms in total. The minimum atomic E-state index is -0.325. The third-order valence-electron chi connectivity index (χ3n) is 9.85. The van der Waals surface area contributed by atoms with E-state index in [9.17, 15) is 0 Å². The zero-order chi connectivity index (χ0) is 25.5. The van der Waals surface area contributed by atoms with Gasteiger partial charge in [0.05, 0.1) is 22.9 Å². The fourth-order valence-electron chi connectivity index (χ4n) is 7.09. The highest BCUT2D eigenvalue weighted by Gasteiger charge is 2.53. The maximum Gasteiger partial charge on any atom is 0.495 e. The van der Waals surface area contributed by atoms with Gasteiger partial charge in [0.25, 0.3) is 0 Å². The summed E-state index contributed by atoms with van der Waals surface area (Å²) in [5.74, 6) is 3.02. The zero-order valence-electron chi connectivity index (χ0n) is 22.7. The highest BCUT2D eigenvalue weighted by atomic mass is 16.7. The molecule has 0 radical (unpaired) electrons. The normalized spacial score (nSPS) is 29.3. The molecule has 3 aromatic rings. The number of fused-ring (bicyclic) bond motifs is 5. The van der Waals surface area contributed by atoms with Gasteiger partial charge in [-0.2, -0.15) is 0 Å². The molecule has 2 aliphatic heterocycles. The van der Waals surface area contributed by atoms with Crippen molar-refractivity contribution < 1.29 is 9.31 Å². The van der Waals surface area contributed by atoms with E-state index in [1.54, 1.807) is 5.56 Å². The lowest BCUT2D eigenvalue weighted by Crippen LogP contribution is -2.41. The Morgan fingerprint density at radius 1 is 0.865 bits per heavy atom. The molecule has 2 N–H and O–H groups in total. The first kappa shape index (κ1) is 23.7. The maximum atomic E-state index is 6.50. The van der Waals surface area contributed by atoms with E-state index in [1.165, 1.54) is 41.4 Å². The zero-order valence-corrected chi connectivity index (χ0v) is 22.7. The van der Waals surface area contributed by atoms with E-state index in [4.69, 9.17) is 14.3 Å². The number of imidazole rings is 1. The predicted octanol–water partition coefficient (Wildman–Crippen LogP) is 6.08. The minimum absolute atomic E-state index is 0.291. The third-order valence-corrected chi connectivity index (χ3v) is 9.85. The Balaban J connectivity index is 1.20. The van der Waals surface area contributed by atoms with Crippen LogP contribution in [0.3, 0.4) is 0 Å². The number of hydrogen-bond acceptors (Lipinski definition) is 4. The van der Waals surface area contributed by atoms with Crippen molar-refractivity contribution in [2.24, 2.45) is 5.92 Å². The van der Waals surface area contributed by atoms with E-state index in [2.05, 4.69) is 81.3 Å². The molecular weight excluding hydrogens is 457 g/mol. The predicted molar refractivity (Wildman–Crippen MR) is 149 cm³/mol. The van der Waals surface area contributed by atoms with Gasteiger partial charge in [-0.05, 0) is 105 Å². The van der Waals surface area contributed by atoms with Gasteiger partial charge in [-0.15, -0.1) is 0 Å². The standard InChI is InChI=1S/C31H38BN3O2/c1-18-14-25(33-16-18)29-34-17-26(35-29)20-8-6-19(7-9-20)23-12-13-24(28-22-11-10-21(15-22)27(23)28)32-36-30(2,3)31(4,5)37-32/h6-9,12-13,17-18,21-22,25,33H,10-11,14-16H2,1-5H3,(H,34,35)/t18-,21?,22?,25-/m0/s1. The molecular formula is C31H38BN3O2. The number of H-pyrrole nitrogens is 1. The minimum Gasteiger partial charge on any atom is -0.399 e. The fourth-order valence-corrected chi connectivity index (χ4v) is 7.09. The highest BCUT2D eigenvalue weighted by Crippen LogP contribution is 2.55. The van der Waals surface area contributed by atoms with Crippen LogP contribution in [-0.2, 0) is 9.31 Å². The molecule has 4 aliphatic rings. The van der Waals surface area contributed by atoms with Gasteiger partial charge in [-0.25, -0.2) is 4.98 Å².